The molecule has 2 aromatic heterocycles. The number of para-hydroxylation sites is 1. The van der Waals surface area contributed by atoms with Gasteiger partial charge in [0.1, 0.15) is 5.75 Å². The zero-order valence-electron chi connectivity index (χ0n) is 15.7. The van der Waals surface area contributed by atoms with Crippen LogP contribution in [-0.4, -0.2) is 30.8 Å². The lowest BCUT2D eigenvalue weighted by atomic mass is 10.1. The fourth-order valence-electron chi connectivity index (χ4n) is 3.54. The predicted octanol–water partition coefficient (Wildman–Crippen LogP) is 3.94. The van der Waals surface area contributed by atoms with E-state index in [9.17, 15) is 5.11 Å². The minimum Gasteiger partial charge on any atom is -0.490 e. The van der Waals surface area contributed by atoms with Crippen molar-refractivity contribution in [2.45, 2.75) is 39.0 Å². The van der Waals surface area contributed by atoms with Crippen LogP contribution in [0.4, 0.5) is 0 Å². The van der Waals surface area contributed by atoms with E-state index in [1.165, 1.54) is 0 Å². The van der Waals surface area contributed by atoms with Crippen molar-refractivity contribution in [2.75, 3.05) is 0 Å². The van der Waals surface area contributed by atoms with E-state index in [1.807, 2.05) is 58.0 Å². The average molecular weight is 374 g/mol. The van der Waals surface area contributed by atoms with E-state index in [0.717, 1.165) is 53.0 Å². The summed E-state index contributed by atoms with van der Waals surface area (Å²) < 4.78 is 9.84. The Morgan fingerprint density at radius 3 is 2.79 bits per heavy atom. The van der Waals surface area contributed by atoms with Crippen LogP contribution >= 0.6 is 0 Å². The van der Waals surface area contributed by atoms with Gasteiger partial charge in [0, 0.05) is 17.5 Å². The van der Waals surface area contributed by atoms with E-state index in [2.05, 4.69) is 23.2 Å². The smallest absolute Gasteiger partial charge is 0.120 e. The molecule has 1 aliphatic rings. The van der Waals surface area contributed by atoms with Gasteiger partial charge in [0.05, 0.1) is 41.5 Å². The van der Waals surface area contributed by atoms with Crippen LogP contribution in [0.2, 0.25) is 0 Å². The number of aliphatic hydroxyl groups excluding tert-OH is 1. The molecule has 0 aliphatic heterocycles. The first-order valence-electron chi connectivity index (χ1n) is 9.68. The fraction of sp³-hybridized carbons (Fsp3) is 0.273. The maximum Gasteiger partial charge on any atom is 0.120 e. The van der Waals surface area contributed by atoms with Crippen LogP contribution < -0.4 is 4.74 Å². The predicted molar refractivity (Wildman–Crippen MR) is 108 cm³/mol. The van der Waals surface area contributed by atoms with Crippen LogP contribution in [0.3, 0.4) is 0 Å². The summed E-state index contributed by atoms with van der Waals surface area (Å²) in [5, 5.41) is 19.9. The molecule has 2 aromatic carbocycles. The summed E-state index contributed by atoms with van der Waals surface area (Å²) in [6, 6.07) is 16.1. The van der Waals surface area contributed by atoms with Gasteiger partial charge in [-0.15, -0.1) is 0 Å². The highest BCUT2D eigenvalue weighted by atomic mass is 16.5. The van der Waals surface area contributed by atoms with Gasteiger partial charge in [0.15, 0.2) is 0 Å². The fourth-order valence-corrected chi connectivity index (χ4v) is 3.54. The number of hydrogen-bond acceptors (Lipinski definition) is 4. The second-order valence-electron chi connectivity index (χ2n) is 7.11. The third-order valence-corrected chi connectivity index (χ3v) is 5.05. The first-order chi connectivity index (χ1) is 13.8. The Kier molecular flexibility index (Phi) is 4.13. The number of benzene rings is 2. The molecule has 0 saturated heterocycles. The summed E-state index contributed by atoms with van der Waals surface area (Å²) >= 11 is 0. The number of aryl methyl sites for hydroxylation is 1. The van der Waals surface area contributed by atoms with Crippen molar-refractivity contribution in [3.05, 3.63) is 60.4 Å². The molecule has 0 atom stereocenters. The molecule has 0 amide bonds. The van der Waals surface area contributed by atoms with Crippen molar-refractivity contribution in [3.8, 4) is 22.7 Å². The Bertz CT molecular complexity index is 1140. The van der Waals surface area contributed by atoms with E-state index in [4.69, 9.17) is 4.74 Å². The van der Waals surface area contributed by atoms with Gasteiger partial charge in [0.25, 0.3) is 0 Å². The molecule has 1 N–H and O–H groups in total. The normalized spacial score (nSPS) is 13.9. The topological polar surface area (TPSA) is 65.1 Å². The summed E-state index contributed by atoms with van der Waals surface area (Å²) in [7, 11) is 0. The highest BCUT2D eigenvalue weighted by Crippen LogP contribution is 2.32. The summed E-state index contributed by atoms with van der Waals surface area (Å²) in [5.41, 5.74) is 4.53. The summed E-state index contributed by atoms with van der Waals surface area (Å²) in [5.74, 6) is 0.870. The molecule has 6 heteroatoms. The molecule has 1 aliphatic carbocycles. The molecular formula is C22H22N4O2. The van der Waals surface area contributed by atoms with Gasteiger partial charge < -0.3 is 9.84 Å². The summed E-state index contributed by atoms with van der Waals surface area (Å²) in [4.78, 5) is 0. The van der Waals surface area contributed by atoms with Crippen LogP contribution in [0, 0.1) is 0 Å². The highest BCUT2D eigenvalue weighted by molar-refractivity contribution is 5.87. The van der Waals surface area contributed by atoms with Crippen molar-refractivity contribution in [1.82, 2.24) is 19.6 Å². The Labute approximate surface area is 163 Å². The SMILES string of the molecule is CCn1ncc2cccc(-n3nc(CO)cc3-c3cccc(OC4CC4)c3)c21. The van der Waals surface area contributed by atoms with Gasteiger partial charge in [0.2, 0.25) is 0 Å². The number of hydrogen-bond donors (Lipinski definition) is 1. The summed E-state index contributed by atoms with van der Waals surface area (Å²) in [6.07, 6.45) is 4.48. The van der Waals surface area contributed by atoms with Gasteiger partial charge in [-0.25, -0.2) is 4.68 Å². The Hall–Kier alpha value is -3.12. The number of nitrogens with zero attached hydrogens (tertiary/aromatic N) is 4. The van der Waals surface area contributed by atoms with Gasteiger partial charge in [-0.05, 0) is 44.0 Å². The Morgan fingerprint density at radius 2 is 2.00 bits per heavy atom. The lowest BCUT2D eigenvalue weighted by molar-refractivity contribution is 0.276. The largest absolute Gasteiger partial charge is 0.490 e. The molecule has 1 saturated carbocycles. The van der Waals surface area contributed by atoms with Crippen molar-refractivity contribution in [3.63, 3.8) is 0 Å². The maximum atomic E-state index is 9.71. The highest BCUT2D eigenvalue weighted by Gasteiger charge is 2.24. The van der Waals surface area contributed by atoms with Gasteiger partial charge in [-0.1, -0.05) is 24.3 Å². The van der Waals surface area contributed by atoms with E-state index in [0.29, 0.717) is 11.8 Å². The standard InChI is InChI=1S/C22H22N4O2/c1-2-25-22-16(13-23-25)6-4-8-20(22)26-21(12-17(14-27)24-26)15-5-3-7-19(11-15)28-18-9-10-18/h3-8,11-13,18,27H,2,9-10,14H2,1H3. The number of aliphatic hydroxyl groups is 1. The first-order valence-corrected chi connectivity index (χ1v) is 9.68. The van der Waals surface area contributed by atoms with E-state index in [1.54, 1.807) is 0 Å². The van der Waals surface area contributed by atoms with Crippen LogP contribution in [0.15, 0.2) is 54.7 Å². The third-order valence-electron chi connectivity index (χ3n) is 5.05. The van der Waals surface area contributed by atoms with Crippen LogP contribution in [0.1, 0.15) is 25.5 Å². The molecule has 1 fully saturated rings. The minimum atomic E-state index is -0.110. The molecule has 0 unspecified atom stereocenters. The minimum absolute atomic E-state index is 0.110. The van der Waals surface area contributed by atoms with Crippen molar-refractivity contribution < 1.29 is 9.84 Å². The van der Waals surface area contributed by atoms with E-state index >= 15 is 0 Å². The second-order valence-corrected chi connectivity index (χ2v) is 7.11. The Balaban J connectivity index is 1.68. The van der Waals surface area contributed by atoms with Crippen LogP contribution in [0.25, 0.3) is 27.8 Å². The second kappa shape index (κ2) is 6.80. The molecule has 5 rings (SSSR count). The first kappa shape index (κ1) is 17.0. The number of fused-ring (bicyclic) bond motifs is 1. The average Bonchev–Trinajstić information content (AvgIpc) is 3.28. The molecule has 0 spiro atoms. The van der Waals surface area contributed by atoms with Crippen molar-refractivity contribution in [2.24, 2.45) is 0 Å². The number of aromatic nitrogens is 4. The maximum absolute atomic E-state index is 9.71. The molecule has 28 heavy (non-hydrogen) atoms. The van der Waals surface area contributed by atoms with E-state index < -0.39 is 0 Å². The quantitative estimate of drug-likeness (QED) is 0.555. The van der Waals surface area contributed by atoms with Crippen LogP contribution in [-0.2, 0) is 13.2 Å². The third kappa shape index (κ3) is 2.96. The molecule has 0 radical (unpaired) electrons. The molecule has 142 valence electrons. The van der Waals surface area contributed by atoms with E-state index in [-0.39, 0.29) is 6.61 Å². The summed E-state index contributed by atoms with van der Waals surface area (Å²) in [6.45, 7) is 2.74. The van der Waals surface area contributed by atoms with Crippen molar-refractivity contribution >= 4 is 10.9 Å². The number of ether oxygens (including phenoxy) is 1. The molecule has 6 nitrogen and oxygen atoms in total. The lowest BCUT2D eigenvalue weighted by Gasteiger charge is -2.12. The molecule has 2 heterocycles. The van der Waals surface area contributed by atoms with Gasteiger partial charge in [-0.2, -0.15) is 10.2 Å². The Morgan fingerprint density at radius 1 is 1.14 bits per heavy atom. The van der Waals surface area contributed by atoms with Gasteiger partial charge >= 0.3 is 0 Å². The van der Waals surface area contributed by atoms with Crippen molar-refractivity contribution in [1.29, 1.82) is 0 Å². The van der Waals surface area contributed by atoms with Gasteiger partial charge in [-0.3, -0.25) is 4.68 Å². The molecule has 0 bridgehead atoms. The zero-order chi connectivity index (χ0) is 19.1. The number of rotatable bonds is 6. The zero-order valence-corrected chi connectivity index (χ0v) is 15.7. The monoisotopic (exact) mass is 374 g/mol. The lowest BCUT2D eigenvalue weighted by Crippen LogP contribution is -2.05. The van der Waals surface area contributed by atoms with Crippen LogP contribution in [0.5, 0.6) is 5.75 Å². The molecular weight excluding hydrogens is 352 g/mol. The molecule has 4 aromatic rings.